The molecule has 0 fully saturated rings. The molecule has 1 aromatic rings. The fourth-order valence-electron chi connectivity index (χ4n) is 2.08. The lowest BCUT2D eigenvalue weighted by Gasteiger charge is -2.18. The van der Waals surface area contributed by atoms with Crippen molar-refractivity contribution >= 4 is 5.97 Å². The van der Waals surface area contributed by atoms with Crippen molar-refractivity contribution in [1.82, 2.24) is 0 Å². The minimum atomic E-state index is -0.785. The van der Waals surface area contributed by atoms with Crippen molar-refractivity contribution in [3.63, 3.8) is 0 Å². The van der Waals surface area contributed by atoms with E-state index in [1.165, 1.54) is 5.56 Å². The van der Waals surface area contributed by atoms with Gasteiger partial charge in [-0.25, -0.2) is 0 Å². The summed E-state index contributed by atoms with van der Waals surface area (Å²) in [6.45, 7) is 2.50. The molecule has 0 spiro atoms. The number of hydrogen-bond donors (Lipinski definition) is 2. The van der Waals surface area contributed by atoms with Crippen LogP contribution in [0.1, 0.15) is 31.2 Å². The normalized spacial score (nSPS) is 13.9. The number of ether oxygens (including phenoxy) is 1. The number of carbonyl (C=O) groups is 1. The van der Waals surface area contributed by atoms with Gasteiger partial charge in [-0.15, -0.1) is 0 Å². The summed E-state index contributed by atoms with van der Waals surface area (Å²) in [6, 6.07) is 7.86. The molecule has 0 aliphatic carbocycles. The summed E-state index contributed by atoms with van der Waals surface area (Å²) in [6.07, 6.45) is 0.923. The van der Waals surface area contributed by atoms with Crippen LogP contribution >= 0.6 is 0 Å². The predicted molar refractivity (Wildman–Crippen MR) is 70.8 cm³/mol. The highest BCUT2D eigenvalue weighted by molar-refractivity contribution is 5.67. The zero-order valence-electron chi connectivity index (χ0n) is 10.9. The molecular weight excluding hydrogens is 230 g/mol. The van der Waals surface area contributed by atoms with Gasteiger partial charge in [0, 0.05) is 6.42 Å². The standard InChI is InChI=1S/C14H21NO3/c1-10(7-11(9-15)8-14(16)17)12-3-5-13(18-2)6-4-12/h3-6,10-11H,7-9,15H2,1-2H3,(H,16,17). The average Bonchev–Trinajstić information content (AvgIpc) is 2.37. The first-order valence-electron chi connectivity index (χ1n) is 6.12. The van der Waals surface area contributed by atoms with E-state index in [2.05, 4.69) is 6.92 Å². The topological polar surface area (TPSA) is 72.5 Å². The van der Waals surface area contributed by atoms with E-state index in [4.69, 9.17) is 15.6 Å². The molecule has 0 aromatic heterocycles. The Morgan fingerprint density at radius 3 is 2.44 bits per heavy atom. The Morgan fingerprint density at radius 2 is 2.00 bits per heavy atom. The number of nitrogens with two attached hydrogens (primary N) is 1. The molecule has 0 amide bonds. The molecule has 4 nitrogen and oxygen atoms in total. The van der Waals surface area contributed by atoms with Gasteiger partial charge in [-0.2, -0.15) is 0 Å². The first kappa shape index (κ1) is 14.5. The summed E-state index contributed by atoms with van der Waals surface area (Å²) < 4.78 is 5.11. The lowest BCUT2D eigenvalue weighted by Crippen LogP contribution is -2.20. The van der Waals surface area contributed by atoms with Gasteiger partial charge < -0.3 is 15.6 Å². The number of carboxylic acid groups (broad SMARTS) is 1. The van der Waals surface area contributed by atoms with Gasteiger partial charge in [-0.1, -0.05) is 19.1 Å². The van der Waals surface area contributed by atoms with Gasteiger partial charge in [-0.3, -0.25) is 4.79 Å². The summed E-state index contributed by atoms with van der Waals surface area (Å²) in [5.41, 5.74) is 6.79. The minimum Gasteiger partial charge on any atom is -0.497 e. The van der Waals surface area contributed by atoms with E-state index in [1.54, 1.807) is 7.11 Å². The van der Waals surface area contributed by atoms with Gasteiger partial charge in [0.05, 0.1) is 7.11 Å². The van der Waals surface area contributed by atoms with Crippen LogP contribution in [0, 0.1) is 5.92 Å². The number of benzene rings is 1. The predicted octanol–water partition coefficient (Wildman–Crippen LogP) is 2.24. The molecule has 0 radical (unpaired) electrons. The van der Waals surface area contributed by atoms with E-state index < -0.39 is 5.97 Å². The summed E-state index contributed by atoms with van der Waals surface area (Å²) in [7, 11) is 1.63. The quantitative estimate of drug-likeness (QED) is 0.779. The highest BCUT2D eigenvalue weighted by Gasteiger charge is 2.16. The maximum atomic E-state index is 10.7. The fourth-order valence-corrected chi connectivity index (χ4v) is 2.08. The van der Waals surface area contributed by atoms with Gasteiger partial charge in [0.25, 0.3) is 0 Å². The Morgan fingerprint density at radius 1 is 1.39 bits per heavy atom. The summed E-state index contributed by atoms with van der Waals surface area (Å²) in [5.74, 6) is 0.364. The molecular formula is C14H21NO3. The maximum absolute atomic E-state index is 10.7. The zero-order chi connectivity index (χ0) is 13.5. The van der Waals surface area contributed by atoms with Gasteiger partial charge in [0.1, 0.15) is 5.75 Å². The van der Waals surface area contributed by atoms with Crippen LogP contribution in [-0.2, 0) is 4.79 Å². The number of methoxy groups -OCH3 is 1. The van der Waals surface area contributed by atoms with Crippen molar-refractivity contribution in [2.45, 2.75) is 25.7 Å². The van der Waals surface area contributed by atoms with E-state index in [1.807, 2.05) is 24.3 Å². The third-order valence-corrected chi connectivity index (χ3v) is 3.17. The van der Waals surface area contributed by atoms with E-state index in [0.29, 0.717) is 12.5 Å². The lowest BCUT2D eigenvalue weighted by molar-refractivity contribution is -0.138. The van der Waals surface area contributed by atoms with Crippen LogP contribution in [0.3, 0.4) is 0 Å². The number of carboxylic acids is 1. The first-order valence-corrected chi connectivity index (χ1v) is 6.12. The smallest absolute Gasteiger partial charge is 0.303 e. The third kappa shape index (κ3) is 4.37. The summed E-state index contributed by atoms with van der Waals surface area (Å²) in [4.78, 5) is 10.7. The minimum absolute atomic E-state index is 0.0274. The Hall–Kier alpha value is -1.55. The number of rotatable bonds is 7. The van der Waals surface area contributed by atoms with Gasteiger partial charge in [0.2, 0.25) is 0 Å². The van der Waals surface area contributed by atoms with Crippen LogP contribution < -0.4 is 10.5 Å². The van der Waals surface area contributed by atoms with Gasteiger partial charge in [0.15, 0.2) is 0 Å². The van der Waals surface area contributed by atoms with Crippen LogP contribution in [-0.4, -0.2) is 24.7 Å². The van der Waals surface area contributed by atoms with Crippen LogP contribution in [0.2, 0.25) is 0 Å². The fraction of sp³-hybridized carbons (Fsp3) is 0.500. The number of hydrogen-bond acceptors (Lipinski definition) is 3. The second kappa shape index (κ2) is 7.01. The van der Waals surface area contributed by atoms with Crippen molar-refractivity contribution < 1.29 is 14.6 Å². The highest BCUT2D eigenvalue weighted by Crippen LogP contribution is 2.26. The summed E-state index contributed by atoms with van der Waals surface area (Å²) in [5, 5.41) is 8.79. The van der Waals surface area contributed by atoms with Crippen molar-refractivity contribution in [2.75, 3.05) is 13.7 Å². The molecule has 0 saturated carbocycles. The molecule has 1 aromatic carbocycles. The summed E-state index contributed by atoms with van der Waals surface area (Å²) >= 11 is 0. The van der Waals surface area contributed by atoms with Crippen LogP contribution in [0.5, 0.6) is 5.75 Å². The van der Waals surface area contributed by atoms with Crippen LogP contribution in [0.25, 0.3) is 0 Å². The Labute approximate surface area is 108 Å². The zero-order valence-corrected chi connectivity index (χ0v) is 10.9. The molecule has 1 rings (SSSR count). The van der Waals surface area contributed by atoms with Crippen molar-refractivity contribution in [3.05, 3.63) is 29.8 Å². The van der Waals surface area contributed by atoms with Crippen LogP contribution in [0.15, 0.2) is 24.3 Å². The van der Waals surface area contributed by atoms with Crippen molar-refractivity contribution in [1.29, 1.82) is 0 Å². The Kier molecular flexibility index (Phi) is 5.65. The second-order valence-electron chi connectivity index (χ2n) is 4.61. The largest absolute Gasteiger partial charge is 0.497 e. The van der Waals surface area contributed by atoms with Crippen molar-refractivity contribution in [3.8, 4) is 5.75 Å². The van der Waals surface area contributed by atoms with Crippen LogP contribution in [0.4, 0.5) is 0 Å². The van der Waals surface area contributed by atoms with E-state index in [-0.39, 0.29) is 12.3 Å². The van der Waals surface area contributed by atoms with E-state index >= 15 is 0 Å². The maximum Gasteiger partial charge on any atom is 0.303 e. The van der Waals surface area contributed by atoms with E-state index in [9.17, 15) is 4.79 Å². The SMILES string of the molecule is COc1ccc(C(C)CC(CN)CC(=O)O)cc1. The first-order chi connectivity index (χ1) is 8.56. The second-order valence-corrected chi connectivity index (χ2v) is 4.61. The Balaban J connectivity index is 2.61. The molecule has 0 aliphatic rings. The van der Waals surface area contributed by atoms with E-state index in [0.717, 1.165) is 12.2 Å². The molecule has 0 aliphatic heterocycles. The van der Waals surface area contributed by atoms with Crippen molar-refractivity contribution in [2.24, 2.45) is 11.7 Å². The average molecular weight is 251 g/mol. The molecule has 18 heavy (non-hydrogen) atoms. The Bertz CT molecular complexity index is 375. The molecule has 2 atom stereocenters. The molecule has 0 heterocycles. The molecule has 100 valence electrons. The molecule has 0 saturated heterocycles. The van der Waals surface area contributed by atoms with Gasteiger partial charge in [-0.05, 0) is 42.5 Å². The molecule has 0 bridgehead atoms. The highest BCUT2D eigenvalue weighted by atomic mass is 16.5. The van der Waals surface area contributed by atoms with Gasteiger partial charge >= 0.3 is 5.97 Å². The molecule has 4 heteroatoms. The third-order valence-electron chi connectivity index (χ3n) is 3.17. The molecule has 3 N–H and O–H groups in total. The number of aliphatic carboxylic acids is 1. The molecule has 2 unspecified atom stereocenters. The monoisotopic (exact) mass is 251 g/mol. The lowest BCUT2D eigenvalue weighted by atomic mass is 9.88.